The standard InChI is InChI=1S/C19H22ClN5O/c20-14-3-4-16-13(10-22-17(16)8-14)5-6-21-18-9-19(24-12-23-18)25-7-1-2-15(25)11-26/h3-4,8-10,12,15,22,26H,1-2,5-7,11H2,(H,21,23,24). The van der Waals surface area contributed by atoms with Crippen LogP contribution in [-0.2, 0) is 6.42 Å². The fourth-order valence-electron chi connectivity index (χ4n) is 3.62. The number of aliphatic hydroxyl groups is 1. The summed E-state index contributed by atoms with van der Waals surface area (Å²) in [5, 5.41) is 14.8. The number of hydrogen-bond acceptors (Lipinski definition) is 5. The second-order valence-corrected chi connectivity index (χ2v) is 7.05. The molecule has 6 nitrogen and oxygen atoms in total. The van der Waals surface area contributed by atoms with Gasteiger partial charge in [0.1, 0.15) is 18.0 Å². The third-order valence-electron chi connectivity index (χ3n) is 4.96. The average molecular weight is 372 g/mol. The fraction of sp³-hybridized carbons (Fsp3) is 0.368. The molecule has 1 fully saturated rings. The molecule has 0 saturated carbocycles. The topological polar surface area (TPSA) is 77.1 Å². The van der Waals surface area contributed by atoms with Gasteiger partial charge in [-0.2, -0.15) is 0 Å². The zero-order valence-corrected chi connectivity index (χ0v) is 15.2. The van der Waals surface area contributed by atoms with E-state index in [0.29, 0.717) is 0 Å². The summed E-state index contributed by atoms with van der Waals surface area (Å²) in [5.41, 5.74) is 2.30. The predicted octanol–water partition coefficient (Wildman–Crippen LogP) is 3.23. The fourth-order valence-corrected chi connectivity index (χ4v) is 3.79. The molecule has 0 radical (unpaired) electrons. The van der Waals surface area contributed by atoms with Gasteiger partial charge in [-0.25, -0.2) is 9.97 Å². The first-order chi connectivity index (χ1) is 12.7. The van der Waals surface area contributed by atoms with Gasteiger partial charge in [-0.15, -0.1) is 0 Å². The van der Waals surface area contributed by atoms with Gasteiger partial charge in [0.05, 0.1) is 12.6 Å². The van der Waals surface area contributed by atoms with E-state index >= 15 is 0 Å². The molecule has 2 aromatic heterocycles. The van der Waals surface area contributed by atoms with Crippen LogP contribution < -0.4 is 10.2 Å². The van der Waals surface area contributed by atoms with Crippen LogP contribution >= 0.6 is 11.6 Å². The number of halogens is 1. The lowest BCUT2D eigenvalue weighted by molar-refractivity contribution is 0.266. The number of H-pyrrole nitrogens is 1. The maximum atomic E-state index is 9.51. The largest absolute Gasteiger partial charge is 0.394 e. The van der Waals surface area contributed by atoms with Gasteiger partial charge in [0.25, 0.3) is 0 Å². The van der Waals surface area contributed by atoms with E-state index in [1.54, 1.807) is 6.33 Å². The highest BCUT2D eigenvalue weighted by Crippen LogP contribution is 2.25. The monoisotopic (exact) mass is 371 g/mol. The molecule has 0 bridgehead atoms. The number of aromatic nitrogens is 3. The summed E-state index contributed by atoms with van der Waals surface area (Å²) < 4.78 is 0. The summed E-state index contributed by atoms with van der Waals surface area (Å²) >= 11 is 6.04. The number of anilines is 2. The average Bonchev–Trinajstić information content (AvgIpc) is 3.28. The Morgan fingerprint density at radius 3 is 3.12 bits per heavy atom. The van der Waals surface area contributed by atoms with Crippen LogP contribution in [0.1, 0.15) is 18.4 Å². The van der Waals surface area contributed by atoms with E-state index in [2.05, 4.69) is 31.2 Å². The molecule has 1 aliphatic rings. The molecular formula is C19H22ClN5O. The van der Waals surface area contributed by atoms with Gasteiger partial charge in [-0.05, 0) is 37.0 Å². The Morgan fingerprint density at radius 1 is 1.31 bits per heavy atom. The van der Waals surface area contributed by atoms with Crippen molar-refractivity contribution in [2.24, 2.45) is 0 Å². The lowest BCUT2D eigenvalue weighted by Crippen LogP contribution is -2.32. The lowest BCUT2D eigenvalue weighted by atomic mass is 10.1. The Bertz CT molecular complexity index is 897. The van der Waals surface area contributed by atoms with Crippen molar-refractivity contribution in [3.8, 4) is 0 Å². The van der Waals surface area contributed by atoms with Crippen LogP contribution in [0.15, 0.2) is 36.8 Å². The van der Waals surface area contributed by atoms with E-state index in [0.717, 1.165) is 54.5 Å². The Hall–Kier alpha value is -2.31. The minimum Gasteiger partial charge on any atom is -0.394 e. The highest BCUT2D eigenvalue weighted by molar-refractivity contribution is 6.31. The molecule has 0 amide bonds. The molecule has 3 N–H and O–H groups in total. The van der Waals surface area contributed by atoms with E-state index < -0.39 is 0 Å². The van der Waals surface area contributed by atoms with Crippen LogP contribution in [0.5, 0.6) is 0 Å². The smallest absolute Gasteiger partial charge is 0.134 e. The molecule has 26 heavy (non-hydrogen) atoms. The lowest BCUT2D eigenvalue weighted by Gasteiger charge is -2.24. The minimum absolute atomic E-state index is 0.163. The Morgan fingerprint density at radius 2 is 2.23 bits per heavy atom. The SMILES string of the molecule is OCC1CCCN1c1cc(NCCc2c[nH]c3cc(Cl)ccc23)ncn1. The molecule has 3 aromatic rings. The second kappa shape index (κ2) is 7.51. The van der Waals surface area contributed by atoms with Gasteiger partial charge in [0.2, 0.25) is 0 Å². The van der Waals surface area contributed by atoms with Crippen LogP contribution in [0.4, 0.5) is 11.6 Å². The van der Waals surface area contributed by atoms with Crippen molar-refractivity contribution >= 4 is 34.1 Å². The van der Waals surface area contributed by atoms with Gasteiger partial charge in [-0.1, -0.05) is 17.7 Å². The number of aliphatic hydroxyl groups excluding tert-OH is 1. The summed E-state index contributed by atoms with van der Waals surface area (Å²) in [6, 6.07) is 8.03. The first kappa shape index (κ1) is 17.1. The minimum atomic E-state index is 0.163. The molecule has 0 spiro atoms. The molecule has 1 saturated heterocycles. The van der Waals surface area contributed by atoms with Crippen molar-refractivity contribution < 1.29 is 5.11 Å². The first-order valence-electron chi connectivity index (χ1n) is 8.93. The Balaban J connectivity index is 1.41. The van der Waals surface area contributed by atoms with Crippen LogP contribution in [0.3, 0.4) is 0 Å². The maximum Gasteiger partial charge on any atom is 0.134 e. The summed E-state index contributed by atoms with van der Waals surface area (Å²) in [6.45, 7) is 1.87. The zero-order valence-electron chi connectivity index (χ0n) is 14.5. The number of nitrogens with one attached hydrogen (secondary N) is 2. The van der Waals surface area contributed by atoms with Crippen LogP contribution in [0.25, 0.3) is 10.9 Å². The van der Waals surface area contributed by atoms with Gasteiger partial charge in [0, 0.05) is 41.3 Å². The molecule has 136 valence electrons. The highest BCUT2D eigenvalue weighted by atomic mass is 35.5. The van der Waals surface area contributed by atoms with Crippen molar-refractivity contribution in [1.82, 2.24) is 15.0 Å². The van der Waals surface area contributed by atoms with Crippen molar-refractivity contribution in [3.05, 3.63) is 47.4 Å². The summed E-state index contributed by atoms with van der Waals surface area (Å²) in [4.78, 5) is 14.1. The van der Waals surface area contributed by atoms with Gasteiger partial charge >= 0.3 is 0 Å². The molecule has 4 rings (SSSR count). The molecule has 1 atom stereocenters. The number of rotatable bonds is 6. The van der Waals surface area contributed by atoms with Crippen LogP contribution in [-0.4, -0.2) is 45.8 Å². The van der Waals surface area contributed by atoms with E-state index in [1.165, 1.54) is 10.9 Å². The molecule has 7 heteroatoms. The Labute approximate surface area is 157 Å². The summed E-state index contributed by atoms with van der Waals surface area (Å²) in [7, 11) is 0. The Kier molecular flexibility index (Phi) is 4.95. The summed E-state index contributed by atoms with van der Waals surface area (Å²) in [5.74, 6) is 1.68. The van der Waals surface area contributed by atoms with Crippen molar-refractivity contribution in [3.63, 3.8) is 0 Å². The first-order valence-corrected chi connectivity index (χ1v) is 9.31. The van der Waals surface area contributed by atoms with E-state index in [-0.39, 0.29) is 12.6 Å². The molecule has 3 heterocycles. The molecule has 1 aliphatic heterocycles. The normalized spacial score (nSPS) is 17.2. The van der Waals surface area contributed by atoms with Crippen LogP contribution in [0, 0.1) is 0 Å². The third kappa shape index (κ3) is 3.48. The van der Waals surface area contributed by atoms with Gasteiger partial charge in [0.15, 0.2) is 0 Å². The van der Waals surface area contributed by atoms with Crippen LogP contribution in [0.2, 0.25) is 5.02 Å². The third-order valence-corrected chi connectivity index (χ3v) is 5.20. The number of fused-ring (bicyclic) bond motifs is 1. The molecule has 1 unspecified atom stereocenters. The van der Waals surface area contributed by atoms with Crippen molar-refractivity contribution in [2.75, 3.05) is 29.9 Å². The quantitative estimate of drug-likeness (QED) is 0.620. The van der Waals surface area contributed by atoms with E-state index in [9.17, 15) is 5.11 Å². The van der Waals surface area contributed by atoms with E-state index in [1.807, 2.05) is 24.4 Å². The number of nitrogens with zero attached hydrogens (tertiary/aromatic N) is 3. The number of aromatic amines is 1. The highest BCUT2D eigenvalue weighted by Gasteiger charge is 2.25. The van der Waals surface area contributed by atoms with Crippen molar-refractivity contribution in [1.29, 1.82) is 0 Å². The van der Waals surface area contributed by atoms with Gasteiger partial charge < -0.3 is 20.3 Å². The number of hydrogen-bond donors (Lipinski definition) is 3. The van der Waals surface area contributed by atoms with E-state index in [4.69, 9.17) is 11.6 Å². The molecular weight excluding hydrogens is 350 g/mol. The summed E-state index contributed by atoms with van der Waals surface area (Å²) in [6.07, 6.45) is 6.59. The molecule has 0 aliphatic carbocycles. The molecule has 1 aromatic carbocycles. The predicted molar refractivity (Wildman–Crippen MR) is 105 cm³/mol. The van der Waals surface area contributed by atoms with Crippen molar-refractivity contribution in [2.45, 2.75) is 25.3 Å². The maximum absolute atomic E-state index is 9.51. The van der Waals surface area contributed by atoms with Gasteiger partial charge in [-0.3, -0.25) is 0 Å². The number of benzene rings is 1. The second-order valence-electron chi connectivity index (χ2n) is 6.61. The zero-order chi connectivity index (χ0) is 17.9.